The van der Waals surface area contributed by atoms with Gasteiger partial charge >= 0.3 is 0 Å². The van der Waals surface area contributed by atoms with Gasteiger partial charge in [0.25, 0.3) is 5.91 Å². The van der Waals surface area contributed by atoms with Crippen molar-refractivity contribution in [2.75, 3.05) is 6.61 Å². The molecule has 0 bridgehead atoms. The Labute approximate surface area is 107 Å². The minimum atomic E-state index is -0.0626. The van der Waals surface area contributed by atoms with Crippen LogP contribution in [-0.2, 0) is 6.54 Å². The molecule has 2 heterocycles. The summed E-state index contributed by atoms with van der Waals surface area (Å²) in [5, 5.41) is 7.37. The standard InChI is InChI=1S/C13H19N3O2/c17-13(14-10-5-2-1-3-6-10)11-9-12-16(15-11)7-4-8-18-12/h9-10H,1-8H2,(H,14,17). The van der Waals surface area contributed by atoms with Gasteiger partial charge in [-0.1, -0.05) is 19.3 Å². The third-order valence-electron chi connectivity index (χ3n) is 3.68. The number of carbonyl (C=O) groups is 1. The van der Waals surface area contributed by atoms with Gasteiger partial charge in [0.2, 0.25) is 5.88 Å². The summed E-state index contributed by atoms with van der Waals surface area (Å²) in [6, 6.07) is 2.07. The second-order valence-electron chi connectivity index (χ2n) is 5.10. The summed E-state index contributed by atoms with van der Waals surface area (Å²) >= 11 is 0. The lowest BCUT2D eigenvalue weighted by molar-refractivity contribution is 0.0921. The van der Waals surface area contributed by atoms with Crippen LogP contribution in [0.4, 0.5) is 0 Å². The number of hydrogen-bond donors (Lipinski definition) is 1. The quantitative estimate of drug-likeness (QED) is 0.868. The summed E-state index contributed by atoms with van der Waals surface area (Å²) < 4.78 is 7.24. The lowest BCUT2D eigenvalue weighted by Crippen LogP contribution is -2.36. The van der Waals surface area contributed by atoms with E-state index in [0.717, 1.165) is 38.3 Å². The number of rotatable bonds is 2. The van der Waals surface area contributed by atoms with E-state index in [1.54, 1.807) is 10.7 Å². The maximum absolute atomic E-state index is 12.1. The van der Waals surface area contributed by atoms with Crippen molar-refractivity contribution in [1.29, 1.82) is 0 Å². The SMILES string of the molecule is O=C(NC1CCCCC1)c1cc2n(n1)CCCO2. The molecule has 5 nitrogen and oxygen atoms in total. The molecule has 0 atom stereocenters. The maximum Gasteiger partial charge on any atom is 0.272 e. The molecule has 98 valence electrons. The highest BCUT2D eigenvalue weighted by atomic mass is 16.5. The van der Waals surface area contributed by atoms with E-state index in [9.17, 15) is 4.79 Å². The van der Waals surface area contributed by atoms with Crippen LogP contribution in [0.15, 0.2) is 6.07 Å². The number of nitrogens with one attached hydrogen (secondary N) is 1. The van der Waals surface area contributed by atoms with Crippen molar-refractivity contribution in [3.63, 3.8) is 0 Å². The summed E-state index contributed by atoms with van der Waals surface area (Å²) in [5.74, 6) is 0.655. The Kier molecular flexibility index (Phi) is 3.21. The van der Waals surface area contributed by atoms with Crippen molar-refractivity contribution in [3.8, 4) is 5.88 Å². The van der Waals surface area contributed by atoms with E-state index in [2.05, 4.69) is 10.4 Å². The third-order valence-corrected chi connectivity index (χ3v) is 3.68. The van der Waals surface area contributed by atoms with Crippen molar-refractivity contribution in [2.24, 2.45) is 0 Å². The number of hydrogen-bond acceptors (Lipinski definition) is 3. The van der Waals surface area contributed by atoms with E-state index in [4.69, 9.17) is 4.74 Å². The Balaban J connectivity index is 1.66. The molecule has 3 rings (SSSR count). The number of aryl methyl sites for hydroxylation is 1. The number of ether oxygens (including phenoxy) is 1. The Morgan fingerprint density at radius 1 is 1.33 bits per heavy atom. The van der Waals surface area contributed by atoms with Crippen molar-refractivity contribution in [2.45, 2.75) is 51.1 Å². The fourth-order valence-electron chi connectivity index (χ4n) is 2.68. The molecule has 1 N–H and O–H groups in total. The molecule has 1 aromatic heterocycles. The van der Waals surface area contributed by atoms with Crippen LogP contribution in [-0.4, -0.2) is 28.3 Å². The largest absolute Gasteiger partial charge is 0.478 e. The number of fused-ring (bicyclic) bond motifs is 1. The van der Waals surface area contributed by atoms with Gasteiger partial charge in [0.15, 0.2) is 5.69 Å². The first-order valence-corrected chi connectivity index (χ1v) is 6.84. The van der Waals surface area contributed by atoms with Crippen LogP contribution in [0, 0.1) is 0 Å². The highest BCUT2D eigenvalue weighted by Crippen LogP contribution is 2.20. The summed E-state index contributed by atoms with van der Waals surface area (Å²) in [5.41, 5.74) is 0.484. The van der Waals surface area contributed by atoms with E-state index < -0.39 is 0 Å². The van der Waals surface area contributed by atoms with Crippen LogP contribution in [0.5, 0.6) is 5.88 Å². The molecule has 18 heavy (non-hydrogen) atoms. The van der Waals surface area contributed by atoms with Crippen LogP contribution in [0.1, 0.15) is 49.0 Å². The molecule has 1 amide bonds. The van der Waals surface area contributed by atoms with Crippen molar-refractivity contribution in [3.05, 3.63) is 11.8 Å². The molecule has 0 unspecified atom stereocenters. The van der Waals surface area contributed by atoms with Crippen LogP contribution in [0.3, 0.4) is 0 Å². The summed E-state index contributed by atoms with van der Waals surface area (Å²) in [6.07, 6.45) is 6.87. The molecule has 1 fully saturated rings. The Bertz CT molecular complexity index is 412. The molecule has 1 aromatic rings. The van der Waals surface area contributed by atoms with Gasteiger partial charge in [-0.05, 0) is 12.8 Å². The molecular formula is C13H19N3O2. The number of aromatic nitrogens is 2. The highest BCUT2D eigenvalue weighted by molar-refractivity contribution is 5.92. The predicted molar refractivity (Wildman–Crippen MR) is 66.7 cm³/mol. The summed E-state index contributed by atoms with van der Waals surface area (Å²) in [4.78, 5) is 12.1. The molecule has 0 radical (unpaired) electrons. The normalized spacial score (nSPS) is 20.0. The monoisotopic (exact) mass is 249 g/mol. The van der Waals surface area contributed by atoms with Crippen molar-refractivity contribution < 1.29 is 9.53 Å². The molecule has 2 aliphatic rings. The molecule has 1 aliphatic carbocycles. The molecule has 0 spiro atoms. The third kappa shape index (κ3) is 2.35. The van der Waals surface area contributed by atoms with Gasteiger partial charge in [-0.15, -0.1) is 0 Å². The minimum Gasteiger partial charge on any atom is -0.478 e. The molecule has 0 aromatic carbocycles. The van der Waals surface area contributed by atoms with Crippen LogP contribution in [0.25, 0.3) is 0 Å². The Morgan fingerprint density at radius 3 is 2.94 bits per heavy atom. The topological polar surface area (TPSA) is 56.2 Å². The second-order valence-corrected chi connectivity index (χ2v) is 5.10. The predicted octanol–water partition coefficient (Wildman–Crippen LogP) is 1.73. The van der Waals surface area contributed by atoms with Crippen LogP contribution in [0.2, 0.25) is 0 Å². The van der Waals surface area contributed by atoms with Crippen LogP contribution >= 0.6 is 0 Å². The van der Waals surface area contributed by atoms with E-state index >= 15 is 0 Å². The molecular weight excluding hydrogens is 230 g/mol. The average Bonchev–Trinajstić information content (AvgIpc) is 2.84. The van der Waals surface area contributed by atoms with E-state index in [1.807, 2.05) is 0 Å². The molecule has 1 saturated carbocycles. The molecule has 0 saturated heterocycles. The van der Waals surface area contributed by atoms with Crippen molar-refractivity contribution in [1.82, 2.24) is 15.1 Å². The second kappa shape index (κ2) is 5.00. The Morgan fingerprint density at radius 2 is 2.17 bits per heavy atom. The molecule has 1 aliphatic heterocycles. The van der Waals surface area contributed by atoms with Gasteiger partial charge in [0.1, 0.15) is 0 Å². The zero-order valence-corrected chi connectivity index (χ0v) is 10.5. The van der Waals surface area contributed by atoms with Gasteiger partial charge < -0.3 is 10.1 Å². The minimum absolute atomic E-state index is 0.0626. The van der Waals surface area contributed by atoms with Crippen LogP contribution < -0.4 is 10.1 Å². The van der Waals surface area contributed by atoms with E-state index in [0.29, 0.717) is 11.7 Å². The number of carbonyl (C=O) groups excluding carboxylic acids is 1. The first-order valence-electron chi connectivity index (χ1n) is 6.84. The maximum atomic E-state index is 12.1. The van der Waals surface area contributed by atoms with Gasteiger partial charge in [-0.2, -0.15) is 5.10 Å². The smallest absolute Gasteiger partial charge is 0.272 e. The lowest BCUT2D eigenvalue weighted by Gasteiger charge is -2.22. The average molecular weight is 249 g/mol. The lowest BCUT2D eigenvalue weighted by atomic mass is 9.95. The first kappa shape index (κ1) is 11.6. The van der Waals surface area contributed by atoms with E-state index in [1.165, 1.54) is 19.3 Å². The van der Waals surface area contributed by atoms with Gasteiger partial charge in [0.05, 0.1) is 6.61 Å². The summed E-state index contributed by atoms with van der Waals surface area (Å²) in [6.45, 7) is 1.56. The van der Waals surface area contributed by atoms with E-state index in [-0.39, 0.29) is 5.91 Å². The molecule has 5 heteroatoms. The van der Waals surface area contributed by atoms with Gasteiger partial charge in [-0.25, -0.2) is 4.68 Å². The highest BCUT2D eigenvalue weighted by Gasteiger charge is 2.21. The van der Waals surface area contributed by atoms with Gasteiger partial charge in [-0.3, -0.25) is 4.79 Å². The van der Waals surface area contributed by atoms with Gasteiger partial charge in [0, 0.05) is 25.1 Å². The first-order chi connectivity index (χ1) is 8.83. The fourth-order valence-corrected chi connectivity index (χ4v) is 2.68. The fraction of sp³-hybridized carbons (Fsp3) is 0.692. The zero-order valence-electron chi connectivity index (χ0n) is 10.5. The zero-order chi connectivity index (χ0) is 12.4. The Hall–Kier alpha value is -1.52. The summed E-state index contributed by atoms with van der Waals surface area (Å²) in [7, 11) is 0. The number of amides is 1. The van der Waals surface area contributed by atoms with Crippen molar-refractivity contribution >= 4 is 5.91 Å². The number of nitrogens with zero attached hydrogens (tertiary/aromatic N) is 2.